The molecule has 0 heterocycles. The van der Waals surface area contributed by atoms with Crippen molar-refractivity contribution >= 4 is 5.97 Å². The largest absolute Gasteiger partial charge is 0.481 e. The minimum Gasteiger partial charge on any atom is -0.481 e. The molecule has 104 valence electrons. The van der Waals surface area contributed by atoms with Gasteiger partial charge in [0.2, 0.25) is 0 Å². The lowest BCUT2D eigenvalue weighted by atomic mass is 10.0. The highest BCUT2D eigenvalue weighted by atomic mass is 16.4. The zero-order chi connectivity index (χ0) is 14.4. The molecule has 2 aromatic carbocycles. The Balaban J connectivity index is 2.09. The van der Waals surface area contributed by atoms with Crippen molar-refractivity contribution in [3.63, 3.8) is 0 Å². The van der Waals surface area contributed by atoms with E-state index in [4.69, 9.17) is 5.11 Å². The third kappa shape index (κ3) is 3.95. The van der Waals surface area contributed by atoms with Crippen molar-refractivity contribution in [2.24, 2.45) is 0 Å². The van der Waals surface area contributed by atoms with Crippen LogP contribution in [-0.2, 0) is 17.6 Å². The standard InChI is InChI=1S/C18H20O2/c1-2-3-4-14-5-9-16(10-6-14)17-11-7-15(8-12-17)13-18(19)20/h5-12H,2-4,13H2,1H3,(H,19,20). The Morgan fingerprint density at radius 1 is 0.900 bits per heavy atom. The molecule has 0 unspecified atom stereocenters. The molecule has 0 aromatic heterocycles. The van der Waals surface area contributed by atoms with Crippen molar-refractivity contribution in [3.05, 3.63) is 59.7 Å². The summed E-state index contributed by atoms with van der Waals surface area (Å²) in [5, 5.41) is 8.75. The van der Waals surface area contributed by atoms with Gasteiger partial charge in [-0.1, -0.05) is 61.9 Å². The monoisotopic (exact) mass is 268 g/mol. The first-order valence-electron chi connectivity index (χ1n) is 7.09. The number of aliphatic carboxylic acids is 1. The number of benzene rings is 2. The van der Waals surface area contributed by atoms with Crippen molar-refractivity contribution in [2.75, 3.05) is 0 Å². The number of hydrogen-bond donors (Lipinski definition) is 1. The maximum atomic E-state index is 10.6. The van der Waals surface area contributed by atoms with Crippen molar-refractivity contribution in [3.8, 4) is 11.1 Å². The van der Waals surface area contributed by atoms with Gasteiger partial charge in [-0.3, -0.25) is 4.79 Å². The molecule has 0 bridgehead atoms. The molecule has 0 amide bonds. The van der Waals surface area contributed by atoms with E-state index >= 15 is 0 Å². The van der Waals surface area contributed by atoms with Crippen molar-refractivity contribution in [2.45, 2.75) is 32.6 Å². The molecule has 2 heteroatoms. The van der Waals surface area contributed by atoms with Gasteiger partial charge in [0.1, 0.15) is 0 Å². The minimum absolute atomic E-state index is 0.0796. The molecule has 0 aliphatic carbocycles. The Morgan fingerprint density at radius 2 is 1.40 bits per heavy atom. The first-order valence-corrected chi connectivity index (χ1v) is 7.09. The van der Waals surface area contributed by atoms with Gasteiger partial charge in [-0.25, -0.2) is 0 Å². The number of carboxylic acids is 1. The molecule has 0 fully saturated rings. The number of rotatable bonds is 6. The summed E-state index contributed by atoms with van der Waals surface area (Å²) in [4.78, 5) is 10.6. The van der Waals surface area contributed by atoms with Crippen LogP contribution in [0.5, 0.6) is 0 Å². The number of unbranched alkanes of at least 4 members (excludes halogenated alkanes) is 1. The molecule has 0 aliphatic heterocycles. The Morgan fingerprint density at radius 3 is 1.85 bits per heavy atom. The Labute approximate surface area is 120 Å². The van der Waals surface area contributed by atoms with Gasteiger partial charge in [0.05, 0.1) is 6.42 Å². The van der Waals surface area contributed by atoms with Crippen LogP contribution in [0.1, 0.15) is 30.9 Å². The quantitative estimate of drug-likeness (QED) is 0.847. The van der Waals surface area contributed by atoms with Crippen LogP contribution >= 0.6 is 0 Å². The number of aryl methyl sites for hydroxylation is 1. The van der Waals surface area contributed by atoms with Gasteiger partial charge in [0.15, 0.2) is 0 Å². The molecule has 0 atom stereocenters. The molecule has 1 N–H and O–H groups in total. The predicted molar refractivity (Wildman–Crippen MR) is 81.8 cm³/mol. The summed E-state index contributed by atoms with van der Waals surface area (Å²) in [7, 11) is 0. The van der Waals surface area contributed by atoms with Gasteiger partial charge in [-0.15, -0.1) is 0 Å². The van der Waals surface area contributed by atoms with E-state index < -0.39 is 5.97 Å². The minimum atomic E-state index is -0.793. The summed E-state index contributed by atoms with van der Waals surface area (Å²) in [6.45, 7) is 2.20. The fourth-order valence-electron chi connectivity index (χ4n) is 2.23. The first-order chi connectivity index (χ1) is 9.69. The molecule has 0 spiro atoms. The molecule has 2 rings (SSSR count). The topological polar surface area (TPSA) is 37.3 Å². The van der Waals surface area contributed by atoms with Gasteiger partial charge >= 0.3 is 5.97 Å². The summed E-state index contributed by atoms with van der Waals surface area (Å²) in [6.07, 6.45) is 3.65. The molecule has 0 radical (unpaired) electrons. The molecule has 2 aromatic rings. The van der Waals surface area contributed by atoms with Crippen molar-refractivity contribution in [1.29, 1.82) is 0 Å². The number of carbonyl (C=O) groups is 1. The van der Waals surface area contributed by atoms with Crippen LogP contribution < -0.4 is 0 Å². The lowest BCUT2D eigenvalue weighted by Gasteiger charge is -2.05. The summed E-state index contributed by atoms with van der Waals surface area (Å²) >= 11 is 0. The van der Waals surface area contributed by atoms with Crippen LogP contribution in [0.25, 0.3) is 11.1 Å². The highest BCUT2D eigenvalue weighted by Crippen LogP contribution is 2.21. The lowest BCUT2D eigenvalue weighted by Crippen LogP contribution is -1.99. The summed E-state index contributed by atoms with van der Waals surface area (Å²) in [6, 6.07) is 16.4. The maximum absolute atomic E-state index is 10.6. The van der Waals surface area contributed by atoms with E-state index in [-0.39, 0.29) is 6.42 Å². The Bertz CT molecular complexity index is 553. The summed E-state index contributed by atoms with van der Waals surface area (Å²) < 4.78 is 0. The third-order valence-electron chi connectivity index (χ3n) is 3.42. The van der Waals surface area contributed by atoms with E-state index in [2.05, 4.69) is 31.2 Å². The molecule has 0 saturated heterocycles. The SMILES string of the molecule is CCCCc1ccc(-c2ccc(CC(=O)O)cc2)cc1. The number of carboxylic acid groups (broad SMARTS) is 1. The van der Waals surface area contributed by atoms with E-state index in [1.165, 1.54) is 24.0 Å². The van der Waals surface area contributed by atoms with Crippen molar-refractivity contribution in [1.82, 2.24) is 0 Å². The predicted octanol–water partition coefficient (Wildman–Crippen LogP) is 4.32. The van der Waals surface area contributed by atoms with Crippen LogP contribution in [0.2, 0.25) is 0 Å². The van der Waals surface area contributed by atoms with Gasteiger partial charge in [-0.2, -0.15) is 0 Å². The lowest BCUT2D eigenvalue weighted by molar-refractivity contribution is -0.136. The maximum Gasteiger partial charge on any atom is 0.307 e. The molecular formula is C18H20O2. The van der Waals surface area contributed by atoms with Crippen LogP contribution in [0.3, 0.4) is 0 Å². The van der Waals surface area contributed by atoms with Gasteiger partial charge in [0.25, 0.3) is 0 Å². The van der Waals surface area contributed by atoms with E-state index in [1.807, 2.05) is 24.3 Å². The highest BCUT2D eigenvalue weighted by molar-refractivity contribution is 5.71. The van der Waals surface area contributed by atoms with E-state index in [9.17, 15) is 4.79 Å². The average molecular weight is 268 g/mol. The number of hydrogen-bond acceptors (Lipinski definition) is 1. The molecule has 2 nitrogen and oxygen atoms in total. The van der Waals surface area contributed by atoms with Crippen molar-refractivity contribution < 1.29 is 9.90 Å². The molecule has 20 heavy (non-hydrogen) atoms. The third-order valence-corrected chi connectivity index (χ3v) is 3.42. The first kappa shape index (κ1) is 14.3. The van der Waals surface area contributed by atoms with Gasteiger partial charge in [0, 0.05) is 0 Å². The second-order valence-electron chi connectivity index (χ2n) is 5.07. The summed E-state index contributed by atoms with van der Waals surface area (Å²) in [5.74, 6) is -0.793. The molecule has 0 aliphatic rings. The van der Waals surface area contributed by atoms with Gasteiger partial charge in [-0.05, 0) is 35.1 Å². The Kier molecular flexibility index (Phi) is 4.94. The Hall–Kier alpha value is -2.09. The zero-order valence-electron chi connectivity index (χ0n) is 11.8. The smallest absolute Gasteiger partial charge is 0.307 e. The second kappa shape index (κ2) is 6.90. The summed E-state index contributed by atoms with van der Waals surface area (Å²) in [5.41, 5.74) is 4.51. The normalized spacial score (nSPS) is 10.4. The molecular weight excluding hydrogens is 248 g/mol. The average Bonchev–Trinajstić information content (AvgIpc) is 2.46. The van der Waals surface area contributed by atoms with Crippen LogP contribution in [0, 0.1) is 0 Å². The zero-order valence-corrected chi connectivity index (χ0v) is 11.8. The fraction of sp³-hybridized carbons (Fsp3) is 0.278. The van der Waals surface area contributed by atoms with E-state index in [0.717, 1.165) is 17.5 Å². The van der Waals surface area contributed by atoms with E-state index in [0.29, 0.717) is 0 Å². The van der Waals surface area contributed by atoms with Crippen LogP contribution in [-0.4, -0.2) is 11.1 Å². The van der Waals surface area contributed by atoms with E-state index in [1.54, 1.807) is 0 Å². The highest BCUT2D eigenvalue weighted by Gasteiger charge is 2.02. The molecule has 0 saturated carbocycles. The second-order valence-corrected chi connectivity index (χ2v) is 5.07. The van der Waals surface area contributed by atoms with Gasteiger partial charge < -0.3 is 5.11 Å². The fourth-order valence-corrected chi connectivity index (χ4v) is 2.23. The van der Waals surface area contributed by atoms with Crippen LogP contribution in [0.4, 0.5) is 0 Å². The van der Waals surface area contributed by atoms with Crippen LogP contribution in [0.15, 0.2) is 48.5 Å².